The molecule has 0 spiro atoms. The highest BCUT2D eigenvalue weighted by Crippen LogP contribution is 2.19. The van der Waals surface area contributed by atoms with E-state index in [1.165, 1.54) is 6.07 Å². The molecule has 2 rings (SSSR count). The molecule has 1 aliphatic rings. The molecule has 1 fully saturated rings. The van der Waals surface area contributed by atoms with Gasteiger partial charge in [0.2, 0.25) is 10.0 Å². The quantitative estimate of drug-likeness (QED) is 0.917. The summed E-state index contributed by atoms with van der Waals surface area (Å²) in [7, 11) is -1.73. The fourth-order valence-corrected chi connectivity index (χ4v) is 3.75. The standard InChI is InChI=1S/C14H18FN3O2S/c1-10-7-12(5-6-18(10)2)17-21(19,20)13-3-4-14(15)11(8-13)9-16/h3-4,8,10,12,17H,5-7H2,1-2H3. The highest BCUT2D eigenvalue weighted by molar-refractivity contribution is 7.89. The molecule has 1 saturated heterocycles. The van der Waals surface area contributed by atoms with Crippen molar-refractivity contribution in [2.75, 3.05) is 13.6 Å². The minimum absolute atomic E-state index is 0.0768. The maximum absolute atomic E-state index is 13.3. The van der Waals surface area contributed by atoms with Gasteiger partial charge in [-0.1, -0.05) is 0 Å². The van der Waals surface area contributed by atoms with E-state index in [2.05, 4.69) is 9.62 Å². The predicted octanol–water partition coefficient (Wildman–Crippen LogP) is 1.46. The van der Waals surface area contributed by atoms with E-state index in [0.29, 0.717) is 6.04 Å². The number of likely N-dealkylation sites (tertiary alicyclic amines) is 1. The maximum atomic E-state index is 13.3. The Morgan fingerprint density at radius 2 is 2.19 bits per heavy atom. The van der Waals surface area contributed by atoms with Crippen molar-refractivity contribution in [2.24, 2.45) is 0 Å². The molecule has 1 N–H and O–H groups in total. The molecule has 0 aliphatic carbocycles. The minimum Gasteiger partial charge on any atom is -0.304 e. The maximum Gasteiger partial charge on any atom is 0.240 e. The summed E-state index contributed by atoms with van der Waals surface area (Å²) in [6.07, 6.45) is 1.45. The highest BCUT2D eigenvalue weighted by atomic mass is 32.2. The van der Waals surface area contributed by atoms with Gasteiger partial charge in [-0.2, -0.15) is 5.26 Å². The average molecular weight is 311 g/mol. The second kappa shape index (κ2) is 6.10. The predicted molar refractivity (Wildman–Crippen MR) is 76.6 cm³/mol. The van der Waals surface area contributed by atoms with Crippen molar-refractivity contribution in [3.8, 4) is 6.07 Å². The molecule has 114 valence electrons. The molecule has 0 radical (unpaired) electrons. The van der Waals surface area contributed by atoms with Crippen LogP contribution in [0, 0.1) is 17.1 Å². The smallest absolute Gasteiger partial charge is 0.240 e. The Labute approximate surface area is 124 Å². The van der Waals surface area contributed by atoms with Gasteiger partial charge in [0, 0.05) is 12.1 Å². The summed E-state index contributed by atoms with van der Waals surface area (Å²) in [5.41, 5.74) is -0.269. The monoisotopic (exact) mass is 311 g/mol. The van der Waals surface area contributed by atoms with Crippen LogP contribution in [0.25, 0.3) is 0 Å². The van der Waals surface area contributed by atoms with Crippen molar-refractivity contribution in [3.63, 3.8) is 0 Å². The van der Waals surface area contributed by atoms with Gasteiger partial charge in [-0.3, -0.25) is 0 Å². The van der Waals surface area contributed by atoms with Crippen molar-refractivity contribution in [2.45, 2.75) is 36.7 Å². The summed E-state index contributed by atoms with van der Waals surface area (Å²) in [5.74, 6) is -0.718. The van der Waals surface area contributed by atoms with Crippen LogP contribution in [0.1, 0.15) is 25.3 Å². The highest BCUT2D eigenvalue weighted by Gasteiger charge is 2.27. The molecule has 5 nitrogen and oxygen atoms in total. The third-order valence-corrected chi connectivity index (χ3v) is 5.42. The molecular formula is C14H18FN3O2S. The van der Waals surface area contributed by atoms with Gasteiger partial charge in [0.15, 0.2) is 0 Å². The first-order valence-electron chi connectivity index (χ1n) is 6.75. The van der Waals surface area contributed by atoms with Crippen LogP contribution in [0.2, 0.25) is 0 Å². The van der Waals surface area contributed by atoms with E-state index in [0.717, 1.165) is 31.5 Å². The zero-order valence-electron chi connectivity index (χ0n) is 12.0. The van der Waals surface area contributed by atoms with E-state index in [1.807, 2.05) is 14.0 Å². The SMILES string of the molecule is CC1CC(NS(=O)(=O)c2ccc(F)c(C#N)c2)CCN1C. The summed E-state index contributed by atoms with van der Waals surface area (Å²) in [4.78, 5) is 2.10. The first-order chi connectivity index (χ1) is 9.83. The molecule has 0 amide bonds. The molecule has 2 unspecified atom stereocenters. The van der Waals surface area contributed by atoms with Crippen LogP contribution in [0.5, 0.6) is 0 Å². The summed E-state index contributed by atoms with van der Waals surface area (Å²) in [6, 6.07) is 5.06. The number of nitrogens with one attached hydrogen (secondary N) is 1. The van der Waals surface area contributed by atoms with Gasteiger partial charge in [-0.25, -0.2) is 17.5 Å². The lowest BCUT2D eigenvalue weighted by Gasteiger charge is -2.35. The van der Waals surface area contributed by atoms with Gasteiger partial charge in [0.1, 0.15) is 11.9 Å². The van der Waals surface area contributed by atoms with Crippen molar-refractivity contribution in [1.82, 2.24) is 9.62 Å². The number of rotatable bonds is 3. The second-order valence-electron chi connectivity index (χ2n) is 5.43. The van der Waals surface area contributed by atoms with Gasteiger partial charge < -0.3 is 4.90 Å². The summed E-state index contributed by atoms with van der Waals surface area (Å²) >= 11 is 0. The molecule has 0 aromatic heterocycles. The van der Waals surface area contributed by atoms with E-state index < -0.39 is 15.8 Å². The Balaban J connectivity index is 2.18. The molecule has 21 heavy (non-hydrogen) atoms. The first kappa shape index (κ1) is 15.9. The Kier molecular flexibility index (Phi) is 4.61. The van der Waals surface area contributed by atoms with E-state index in [9.17, 15) is 12.8 Å². The zero-order chi connectivity index (χ0) is 15.6. The molecule has 7 heteroatoms. The van der Waals surface area contributed by atoms with E-state index in [4.69, 9.17) is 5.26 Å². The lowest BCUT2D eigenvalue weighted by molar-refractivity contribution is 0.178. The van der Waals surface area contributed by atoms with Gasteiger partial charge in [-0.05, 0) is 51.6 Å². The Bertz CT molecular complexity index is 669. The van der Waals surface area contributed by atoms with Crippen LogP contribution < -0.4 is 4.72 Å². The number of hydrogen-bond acceptors (Lipinski definition) is 4. The second-order valence-corrected chi connectivity index (χ2v) is 7.14. The Morgan fingerprint density at radius 3 is 2.81 bits per heavy atom. The number of hydrogen-bond donors (Lipinski definition) is 1. The molecule has 1 heterocycles. The average Bonchev–Trinajstić information content (AvgIpc) is 2.43. The van der Waals surface area contributed by atoms with Crippen molar-refractivity contribution >= 4 is 10.0 Å². The molecule has 0 saturated carbocycles. The van der Waals surface area contributed by atoms with Gasteiger partial charge >= 0.3 is 0 Å². The van der Waals surface area contributed by atoms with Crippen molar-refractivity contribution in [3.05, 3.63) is 29.6 Å². The number of nitriles is 1. The fraction of sp³-hybridized carbons (Fsp3) is 0.500. The van der Waals surface area contributed by atoms with Gasteiger partial charge in [0.05, 0.1) is 10.5 Å². The minimum atomic E-state index is -3.74. The topological polar surface area (TPSA) is 73.2 Å². The lowest BCUT2D eigenvalue weighted by atomic mass is 10.0. The third-order valence-electron chi connectivity index (χ3n) is 3.90. The largest absolute Gasteiger partial charge is 0.304 e. The lowest BCUT2D eigenvalue weighted by Crippen LogP contribution is -2.47. The summed E-state index contributed by atoms with van der Waals surface area (Å²) in [5, 5.41) is 8.78. The van der Waals surface area contributed by atoms with Crippen LogP contribution in [-0.2, 0) is 10.0 Å². The number of nitrogens with zero attached hydrogens (tertiary/aromatic N) is 2. The van der Waals surface area contributed by atoms with E-state index >= 15 is 0 Å². The number of piperidine rings is 1. The molecule has 0 bridgehead atoms. The fourth-order valence-electron chi connectivity index (χ4n) is 2.44. The first-order valence-corrected chi connectivity index (χ1v) is 8.24. The summed E-state index contributed by atoms with van der Waals surface area (Å²) in [6.45, 7) is 2.87. The number of benzene rings is 1. The summed E-state index contributed by atoms with van der Waals surface area (Å²) < 4.78 is 40.5. The van der Waals surface area contributed by atoms with Crippen LogP contribution in [-0.4, -0.2) is 39.0 Å². The van der Waals surface area contributed by atoms with Crippen LogP contribution in [0.15, 0.2) is 23.1 Å². The zero-order valence-corrected chi connectivity index (χ0v) is 12.8. The Morgan fingerprint density at radius 1 is 1.48 bits per heavy atom. The normalized spacial score (nSPS) is 23.7. The van der Waals surface area contributed by atoms with Crippen LogP contribution >= 0.6 is 0 Å². The third kappa shape index (κ3) is 3.59. The molecule has 1 aliphatic heterocycles. The molecule has 1 aromatic carbocycles. The number of sulfonamides is 1. The van der Waals surface area contributed by atoms with Crippen molar-refractivity contribution in [1.29, 1.82) is 5.26 Å². The van der Waals surface area contributed by atoms with Gasteiger partial charge in [0.25, 0.3) is 0 Å². The number of halogens is 1. The Hall–Kier alpha value is -1.49. The molecule has 1 aromatic rings. The van der Waals surface area contributed by atoms with Crippen molar-refractivity contribution < 1.29 is 12.8 Å². The van der Waals surface area contributed by atoms with Crippen LogP contribution in [0.3, 0.4) is 0 Å². The van der Waals surface area contributed by atoms with Gasteiger partial charge in [-0.15, -0.1) is 0 Å². The molecular weight excluding hydrogens is 293 g/mol. The van der Waals surface area contributed by atoms with E-state index in [1.54, 1.807) is 6.07 Å². The van der Waals surface area contributed by atoms with E-state index in [-0.39, 0.29) is 16.5 Å². The van der Waals surface area contributed by atoms with Crippen LogP contribution in [0.4, 0.5) is 4.39 Å². The molecule has 2 atom stereocenters.